The number of alkyl halides is 3. The van der Waals surface area contributed by atoms with Crippen LogP contribution in [-0.2, 0) is 0 Å². The van der Waals surface area contributed by atoms with E-state index in [-0.39, 0.29) is 16.9 Å². The number of carbonyl (C=O) groups excluding carboxylic acids is 1. The lowest BCUT2D eigenvalue weighted by molar-refractivity contribution is -0.274. The summed E-state index contributed by atoms with van der Waals surface area (Å²) in [6, 6.07) is 13.6. The number of allylic oxidation sites excluding steroid dienone is 1. The van der Waals surface area contributed by atoms with Crippen LogP contribution in [-0.4, -0.2) is 17.3 Å². The monoisotopic (exact) mass is 429 g/mol. The van der Waals surface area contributed by atoms with E-state index in [4.69, 9.17) is 6.42 Å². The molecule has 0 atom stereocenters. The van der Waals surface area contributed by atoms with E-state index in [0.29, 0.717) is 44.5 Å². The van der Waals surface area contributed by atoms with E-state index in [2.05, 4.69) is 10.7 Å². The number of carbonyl (C=O) groups is 1. The number of halogens is 3. The van der Waals surface area contributed by atoms with Crippen LogP contribution in [0.2, 0.25) is 0 Å². The zero-order valence-corrected chi connectivity index (χ0v) is 16.0. The molecule has 7 heteroatoms. The third-order valence-corrected chi connectivity index (χ3v) is 5.51. The van der Waals surface area contributed by atoms with Crippen LogP contribution in [0.3, 0.4) is 0 Å². The highest BCUT2D eigenvalue weighted by molar-refractivity contribution is 6.27. The van der Waals surface area contributed by atoms with Gasteiger partial charge in [0.25, 0.3) is 0 Å². The number of phenolic OH excluding ortho intramolecular Hbond substituents is 1. The van der Waals surface area contributed by atoms with E-state index in [1.165, 1.54) is 18.2 Å². The van der Waals surface area contributed by atoms with Crippen LogP contribution in [0.1, 0.15) is 27.0 Å². The standard InChI is InChI=1S/C25H10F3NO3/c1-2-12(11-29)21-18-8-7-16-15-6-4-14(32-25(26,27)28)10-20(15)24(31)23(16)22(18)17-5-3-13(30)9-19(17)21/h1,3-10,30H/b21-12-. The third-order valence-electron chi connectivity index (χ3n) is 5.51. The lowest BCUT2D eigenvalue weighted by atomic mass is 9.93. The minimum Gasteiger partial charge on any atom is -0.508 e. The number of nitrogens with zero attached hydrogens (tertiary/aromatic N) is 1. The number of nitriles is 1. The second-order valence-electron chi connectivity index (χ2n) is 7.23. The lowest BCUT2D eigenvalue weighted by Gasteiger charge is -2.09. The minimum atomic E-state index is -4.88. The van der Waals surface area contributed by atoms with E-state index < -0.39 is 17.9 Å². The Balaban J connectivity index is 1.78. The van der Waals surface area contributed by atoms with Crippen molar-refractivity contribution in [1.82, 2.24) is 0 Å². The zero-order chi connectivity index (χ0) is 22.8. The first kappa shape index (κ1) is 19.5. The molecule has 32 heavy (non-hydrogen) atoms. The molecule has 0 amide bonds. The summed E-state index contributed by atoms with van der Waals surface area (Å²) in [5.74, 6) is 1.36. The van der Waals surface area contributed by atoms with Crippen molar-refractivity contribution in [2.24, 2.45) is 0 Å². The molecule has 0 unspecified atom stereocenters. The van der Waals surface area contributed by atoms with Gasteiger partial charge in [-0.25, -0.2) is 0 Å². The van der Waals surface area contributed by atoms with Crippen molar-refractivity contribution >= 4 is 11.4 Å². The molecule has 0 spiro atoms. The van der Waals surface area contributed by atoms with Gasteiger partial charge in [-0.2, -0.15) is 5.26 Å². The molecule has 2 aliphatic carbocycles. The molecular formula is C25H10F3NO3. The largest absolute Gasteiger partial charge is 0.573 e. The Kier molecular flexibility index (Phi) is 3.96. The van der Waals surface area contributed by atoms with Crippen molar-refractivity contribution in [3.8, 4) is 52.2 Å². The van der Waals surface area contributed by atoms with Gasteiger partial charge in [-0.3, -0.25) is 4.79 Å². The average Bonchev–Trinajstić information content (AvgIpc) is 3.20. The van der Waals surface area contributed by atoms with E-state index in [9.17, 15) is 28.3 Å². The number of terminal acetylenes is 1. The van der Waals surface area contributed by atoms with Gasteiger partial charge in [0.05, 0.1) is 0 Å². The number of rotatable bonds is 1. The van der Waals surface area contributed by atoms with Crippen molar-refractivity contribution in [3.63, 3.8) is 0 Å². The van der Waals surface area contributed by atoms with Gasteiger partial charge in [-0.05, 0) is 58.1 Å². The molecule has 0 aromatic heterocycles. The maximum Gasteiger partial charge on any atom is 0.573 e. The fraction of sp³-hybridized carbons (Fsp3) is 0.0400. The molecule has 154 valence electrons. The second kappa shape index (κ2) is 6.50. The number of fused-ring (bicyclic) bond motifs is 7. The molecule has 4 nitrogen and oxygen atoms in total. The van der Waals surface area contributed by atoms with E-state index in [1.807, 2.05) is 6.07 Å². The fourth-order valence-corrected chi connectivity index (χ4v) is 4.36. The molecular weight excluding hydrogens is 419 g/mol. The summed E-state index contributed by atoms with van der Waals surface area (Å²) in [5.41, 5.74) is 4.07. The fourth-order valence-electron chi connectivity index (χ4n) is 4.36. The second-order valence-corrected chi connectivity index (χ2v) is 7.23. The zero-order valence-electron chi connectivity index (χ0n) is 16.0. The minimum absolute atomic E-state index is 0.0384. The van der Waals surface area contributed by atoms with Gasteiger partial charge in [0.1, 0.15) is 23.1 Å². The molecule has 3 aromatic rings. The Morgan fingerprint density at radius 1 is 0.906 bits per heavy atom. The maximum absolute atomic E-state index is 13.4. The van der Waals surface area contributed by atoms with E-state index in [0.717, 1.165) is 12.1 Å². The summed E-state index contributed by atoms with van der Waals surface area (Å²) < 4.78 is 41.9. The normalized spacial score (nSPS) is 14.6. The molecule has 0 bridgehead atoms. The number of hydrogen-bond donors (Lipinski definition) is 1. The Morgan fingerprint density at radius 2 is 1.59 bits per heavy atom. The number of ether oxygens (including phenoxy) is 1. The highest BCUT2D eigenvalue weighted by Gasteiger charge is 2.38. The van der Waals surface area contributed by atoms with Crippen LogP contribution < -0.4 is 4.74 Å². The average molecular weight is 429 g/mol. The van der Waals surface area contributed by atoms with Crippen LogP contribution in [0.25, 0.3) is 27.8 Å². The molecule has 5 rings (SSSR count). The topological polar surface area (TPSA) is 70.3 Å². The summed E-state index contributed by atoms with van der Waals surface area (Å²) in [7, 11) is 0. The summed E-state index contributed by atoms with van der Waals surface area (Å²) in [6.45, 7) is 0. The Bertz CT molecular complexity index is 1470. The van der Waals surface area contributed by atoms with Crippen molar-refractivity contribution in [1.29, 1.82) is 5.26 Å². The van der Waals surface area contributed by atoms with Gasteiger partial charge >= 0.3 is 6.36 Å². The number of ketones is 1. The Hall–Kier alpha value is -4.49. The van der Waals surface area contributed by atoms with Crippen molar-refractivity contribution in [2.75, 3.05) is 0 Å². The predicted octanol–water partition coefficient (Wildman–Crippen LogP) is 5.44. The Morgan fingerprint density at radius 3 is 2.28 bits per heavy atom. The predicted molar refractivity (Wildman–Crippen MR) is 110 cm³/mol. The first-order valence-electron chi connectivity index (χ1n) is 9.30. The van der Waals surface area contributed by atoms with Gasteiger partial charge < -0.3 is 9.84 Å². The highest BCUT2D eigenvalue weighted by atomic mass is 19.4. The van der Waals surface area contributed by atoms with Crippen LogP contribution >= 0.6 is 0 Å². The van der Waals surface area contributed by atoms with Gasteiger partial charge in [-0.1, -0.05) is 24.1 Å². The van der Waals surface area contributed by atoms with Crippen LogP contribution in [0, 0.1) is 23.7 Å². The molecule has 3 aromatic carbocycles. The van der Waals surface area contributed by atoms with Crippen molar-refractivity contribution < 1.29 is 27.8 Å². The molecule has 0 radical (unpaired) electrons. The van der Waals surface area contributed by atoms with Crippen molar-refractivity contribution in [3.05, 3.63) is 76.4 Å². The first-order valence-corrected chi connectivity index (χ1v) is 9.30. The number of aromatic hydroxyl groups is 1. The number of hydrogen-bond acceptors (Lipinski definition) is 4. The van der Waals surface area contributed by atoms with Gasteiger partial charge in [0.2, 0.25) is 0 Å². The molecule has 2 aliphatic rings. The molecule has 0 saturated heterocycles. The van der Waals surface area contributed by atoms with Gasteiger partial charge in [-0.15, -0.1) is 19.6 Å². The van der Waals surface area contributed by atoms with E-state index >= 15 is 0 Å². The van der Waals surface area contributed by atoms with Crippen molar-refractivity contribution in [2.45, 2.75) is 6.36 Å². The quantitative estimate of drug-likeness (QED) is 0.285. The summed E-state index contributed by atoms with van der Waals surface area (Å²) in [4.78, 5) is 13.4. The molecule has 1 N–H and O–H groups in total. The van der Waals surface area contributed by atoms with Crippen LogP contribution in [0.4, 0.5) is 13.2 Å². The highest BCUT2D eigenvalue weighted by Crippen LogP contribution is 2.53. The summed E-state index contributed by atoms with van der Waals surface area (Å²) >= 11 is 0. The number of benzene rings is 3. The summed E-state index contributed by atoms with van der Waals surface area (Å²) in [5, 5.41) is 19.5. The number of phenols is 1. The van der Waals surface area contributed by atoms with Crippen LogP contribution in [0.15, 0.2) is 54.1 Å². The maximum atomic E-state index is 13.4. The van der Waals surface area contributed by atoms with Gasteiger partial charge in [0.15, 0.2) is 5.78 Å². The van der Waals surface area contributed by atoms with E-state index in [1.54, 1.807) is 18.2 Å². The third kappa shape index (κ3) is 2.69. The molecule has 0 fully saturated rings. The lowest BCUT2D eigenvalue weighted by Crippen LogP contribution is -2.17. The van der Waals surface area contributed by atoms with Gasteiger partial charge in [0, 0.05) is 22.3 Å². The SMILES string of the molecule is C#C/C(C#N)=C1/c2cc(O)ccc2-c2c1ccc1c2C(=O)c2cc(OC(F)(F)F)ccc2-1. The van der Waals surface area contributed by atoms with Crippen LogP contribution in [0.5, 0.6) is 11.5 Å². The molecule has 0 heterocycles. The summed E-state index contributed by atoms with van der Waals surface area (Å²) in [6.07, 6.45) is 0.645. The molecule has 0 saturated carbocycles. The molecule has 0 aliphatic heterocycles. The smallest absolute Gasteiger partial charge is 0.508 e. The first-order chi connectivity index (χ1) is 15.2. The Labute approximate surface area is 179 Å².